The maximum absolute atomic E-state index is 12.8. The number of aromatic nitrogens is 4. The van der Waals surface area contributed by atoms with Gasteiger partial charge in [0.25, 0.3) is 5.56 Å². The van der Waals surface area contributed by atoms with Crippen LogP contribution in [0.15, 0.2) is 47.4 Å². The zero-order chi connectivity index (χ0) is 25.5. The van der Waals surface area contributed by atoms with Gasteiger partial charge in [-0.3, -0.25) is 9.48 Å². The highest BCUT2D eigenvalue weighted by Gasteiger charge is 2.30. The van der Waals surface area contributed by atoms with Crippen molar-refractivity contribution in [1.82, 2.24) is 19.7 Å². The van der Waals surface area contributed by atoms with Crippen molar-refractivity contribution in [3.63, 3.8) is 0 Å². The van der Waals surface area contributed by atoms with Crippen LogP contribution in [0.2, 0.25) is 0 Å². The number of aromatic amines is 1. The third-order valence-corrected chi connectivity index (χ3v) is 7.68. The molecule has 4 heterocycles. The summed E-state index contributed by atoms with van der Waals surface area (Å²) >= 11 is 0. The SMILES string of the molecule is CC1CN(c2ccc3cc(Nc4nn(C5CCCCC5C#N)c5cc[nH]c(=O)c45)ccc3n2)C(C)CO1. The molecule has 1 aliphatic carbocycles. The minimum atomic E-state index is -0.198. The number of H-pyrrole nitrogens is 1. The van der Waals surface area contributed by atoms with Gasteiger partial charge in [0, 0.05) is 23.8 Å². The van der Waals surface area contributed by atoms with Gasteiger partial charge in [-0.05, 0) is 63.1 Å². The molecule has 1 aliphatic heterocycles. The maximum atomic E-state index is 12.8. The molecule has 37 heavy (non-hydrogen) atoms. The number of rotatable bonds is 4. The van der Waals surface area contributed by atoms with Crippen molar-refractivity contribution >= 4 is 39.1 Å². The van der Waals surface area contributed by atoms with Crippen LogP contribution in [0.1, 0.15) is 45.6 Å². The summed E-state index contributed by atoms with van der Waals surface area (Å²) in [6.45, 7) is 5.75. The van der Waals surface area contributed by atoms with Gasteiger partial charge in [-0.15, -0.1) is 0 Å². The molecule has 0 amide bonds. The lowest BCUT2D eigenvalue weighted by molar-refractivity contribution is 0.0341. The molecule has 0 radical (unpaired) electrons. The van der Waals surface area contributed by atoms with E-state index in [1.807, 2.05) is 28.9 Å². The van der Waals surface area contributed by atoms with E-state index in [4.69, 9.17) is 14.8 Å². The van der Waals surface area contributed by atoms with Crippen molar-refractivity contribution < 1.29 is 4.74 Å². The number of hydrogen-bond donors (Lipinski definition) is 2. The Morgan fingerprint density at radius 3 is 2.89 bits per heavy atom. The predicted octanol–water partition coefficient (Wildman–Crippen LogP) is 4.88. The second-order valence-electron chi connectivity index (χ2n) is 10.3. The summed E-state index contributed by atoms with van der Waals surface area (Å²) in [5.74, 6) is 1.34. The van der Waals surface area contributed by atoms with E-state index in [9.17, 15) is 10.1 Å². The van der Waals surface area contributed by atoms with Gasteiger partial charge < -0.3 is 19.9 Å². The van der Waals surface area contributed by atoms with Crippen LogP contribution < -0.4 is 15.8 Å². The normalized spacial score (nSPS) is 24.3. The number of fused-ring (bicyclic) bond motifs is 2. The Morgan fingerprint density at radius 1 is 1.16 bits per heavy atom. The summed E-state index contributed by atoms with van der Waals surface area (Å²) in [5.41, 5.74) is 2.28. The van der Waals surface area contributed by atoms with E-state index in [1.54, 1.807) is 6.20 Å². The molecule has 2 aliphatic rings. The summed E-state index contributed by atoms with van der Waals surface area (Å²) in [6, 6.07) is 14.7. The molecule has 3 aromatic heterocycles. The number of ether oxygens (including phenoxy) is 1. The first-order valence-electron chi connectivity index (χ1n) is 13.1. The van der Waals surface area contributed by atoms with E-state index in [0.717, 1.165) is 60.2 Å². The van der Waals surface area contributed by atoms with Gasteiger partial charge in [0.15, 0.2) is 5.82 Å². The summed E-state index contributed by atoms with van der Waals surface area (Å²) in [6.07, 6.45) is 5.66. The first-order chi connectivity index (χ1) is 18.0. The molecule has 190 valence electrons. The smallest absolute Gasteiger partial charge is 0.261 e. The van der Waals surface area contributed by atoms with Crippen molar-refractivity contribution in [2.45, 2.75) is 57.7 Å². The summed E-state index contributed by atoms with van der Waals surface area (Å²) in [5, 5.41) is 19.4. The van der Waals surface area contributed by atoms with Gasteiger partial charge in [0.05, 0.1) is 47.8 Å². The van der Waals surface area contributed by atoms with E-state index in [1.165, 1.54) is 0 Å². The lowest BCUT2D eigenvalue weighted by atomic mass is 9.85. The maximum Gasteiger partial charge on any atom is 0.261 e. The number of pyridine rings is 2. The minimum absolute atomic E-state index is 0.0388. The predicted molar refractivity (Wildman–Crippen MR) is 144 cm³/mol. The van der Waals surface area contributed by atoms with Crippen LogP contribution in [0.4, 0.5) is 17.3 Å². The molecule has 1 aromatic carbocycles. The summed E-state index contributed by atoms with van der Waals surface area (Å²) in [7, 11) is 0. The van der Waals surface area contributed by atoms with Crippen LogP contribution >= 0.6 is 0 Å². The number of nitriles is 1. The molecule has 4 aromatic rings. The number of nitrogens with zero attached hydrogens (tertiary/aromatic N) is 5. The van der Waals surface area contributed by atoms with Crippen LogP contribution in [0, 0.1) is 17.2 Å². The summed E-state index contributed by atoms with van der Waals surface area (Å²) < 4.78 is 7.66. The summed E-state index contributed by atoms with van der Waals surface area (Å²) in [4.78, 5) is 22.8. The molecule has 1 saturated heterocycles. The molecule has 4 unspecified atom stereocenters. The van der Waals surface area contributed by atoms with Gasteiger partial charge in [-0.1, -0.05) is 12.8 Å². The minimum Gasteiger partial charge on any atom is -0.375 e. The molecule has 1 saturated carbocycles. The highest BCUT2D eigenvalue weighted by molar-refractivity contribution is 5.92. The third kappa shape index (κ3) is 4.31. The molecule has 9 nitrogen and oxygen atoms in total. The van der Waals surface area contributed by atoms with Crippen molar-refractivity contribution in [3.05, 3.63) is 52.9 Å². The average Bonchev–Trinajstić information content (AvgIpc) is 3.29. The fraction of sp³-hybridized carbons (Fsp3) is 0.429. The molecule has 4 atom stereocenters. The molecule has 9 heteroatoms. The zero-order valence-electron chi connectivity index (χ0n) is 21.1. The quantitative estimate of drug-likeness (QED) is 0.413. The number of anilines is 3. The number of hydrogen-bond acceptors (Lipinski definition) is 7. The van der Waals surface area contributed by atoms with Crippen LogP contribution in [0.25, 0.3) is 21.8 Å². The Labute approximate surface area is 215 Å². The molecule has 2 fully saturated rings. The monoisotopic (exact) mass is 497 g/mol. The van der Waals surface area contributed by atoms with E-state index in [-0.39, 0.29) is 29.7 Å². The zero-order valence-corrected chi connectivity index (χ0v) is 21.1. The third-order valence-electron chi connectivity index (χ3n) is 7.68. The Bertz CT molecular complexity index is 1550. The first-order valence-corrected chi connectivity index (χ1v) is 13.1. The van der Waals surface area contributed by atoms with Gasteiger partial charge in [0.2, 0.25) is 0 Å². The Morgan fingerprint density at radius 2 is 2.03 bits per heavy atom. The largest absolute Gasteiger partial charge is 0.375 e. The van der Waals surface area contributed by atoms with Gasteiger partial charge in [-0.25, -0.2) is 4.98 Å². The average molecular weight is 498 g/mol. The molecule has 6 rings (SSSR count). The van der Waals surface area contributed by atoms with E-state index in [2.05, 4.69) is 47.3 Å². The fourth-order valence-electron chi connectivity index (χ4n) is 5.71. The van der Waals surface area contributed by atoms with Crippen molar-refractivity contribution in [1.29, 1.82) is 5.26 Å². The fourth-order valence-corrected chi connectivity index (χ4v) is 5.71. The van der Waals surface area contributed by atoms with Crippen LogP contribution in [0.5, 0.6) is 0 Å². The van der Waals surface area contributed by atoms with Gasteiger partial charge >= 0.3 is 0 Å². The number of morpholine rings is 1. The van der Waals surface area contributed by atoms with Crippen LogP contribution in [-0.2, 0) is 4.74 Å². The first kappa shape index (κ1) is 23.5. The molecule has 0 spiro atoms. The van der Waals surface area contributed by atoms with E-state index >= 15 is 0 Å². The van der Waals surface area contributed by atoms with E-state index < -0.39 is 0 Å². The second kappa shape index (κ2) is 9.52. The molecular formula is C28H31N7O2. The standard InChI is InChI=1S/C28H31N7O2/c1-17-16-37-18(2)15-34(17)25-10-7-19-13-21(8-9-22(19)32-25)31-27-26-24(11-12-30-28(26)36)35(33-27)23-6-4-3-5-20(23)14-29/h7-13,17-18,20,23H,3-6,15-16H2,1-2H3,(H,30,36)(H,31,33). The van der Waals surface area contributed by atoms with Gasteiger partial charge in [0.1, 0.15) is 11.2 Å². The van der Waals surface area contributed by atoms with Crippen molar-refractivity contribution in [3.8, 4) is 6.07 Å². The topological polar surface area (TPSA) is 112 Å². The Hall–Kier alpha value is -3.90. The lowest BCUT2D eigenvalue weighted by Gasteiger charge is -2.37. The van der Waals surface area contributed by atoms with Crippen LogP contribution in [0.3, 0.4) is 0 Å². The second-order valence-corrected chi connectivity index (χ2v) is 10.3. The lowest BCUT2D eigenvalue weighted by Crippen LogP contribution is -2.47. The van der Waals surface area contributed by atoms with Crippen LogP contribution in [-0.4, -0.2) is 45.0 Å². The van der Waals surface area contributed by atoms with E-state index in [0.29, 0.717) is 17.8 Å². The van der Waals surface area contributed by atoms with Crippen molar-refractivity contribution in [2.24, 2.45) is 5.92 Å². The molecular weight excluding hydrogens is 466 g/mol. The Balaban J connectivity index is 1.34. The molecule has 0 bridgehead atoms. The molecule has 2 N–H and O–H groups in total. The highest BCUT2D eigenvalue weighted by atomic mass is 16.5. The number of benzene rings is 1. The Kier molecular flexibility index (Phi) is 6.05. The highest BCUT2D eigenvalue weighted by Crippen LogP contribution is 2.37. The van der Waals surface area contributed by atoms with Crippen molar-refractivity contribution in [2.75, 3.05) is 23.4 Å². The van der Waals surface area contributed by atoms with Gasteiger partial charge in [-0.2, -0.15) is 10.4 Å². The number of nitrogens with one attached hydrogen (secondary N) is 2.